The molecule has 20 heavy (non-hydrogen) atoms. The molecule has 0 bridgehead atoms. The highest BCUT2D eigenvalue weighted by Crippen LogP contribution is 2.18. The summed E-state index contributed by atoms with van der Waals surface area (Å²) in [7, 11) is 0. The molecule has 1 heterocycles. The van der Waals surface area contributed by atoms with Gasteiger partial charge in [-0.25, -0.2) is 4.79 Å². The lowest BCUT2D eigenvalue weighted by molar-refractivity contribution is -0.146. The number of nitrogens with zero attached hydrogens (tertiary/aromatic N) is 1. The second-order valence-electron chi connectivity index (χ2n) is 4.88. The average Bonchev–Trinajstić information content (AvgIpc) is 2.38. The predicted molar refractivity (Wildman–Crippen MR) is 71.2 cm³/mol. The number of carboxylic acid groups (broad SMARTS) is 1. The highest BCUT2D eigenvalue weighted by molar-refractivity contribution is 5.78. The van der Waals surface area contributed by atoms with Crippen molar-refractivity contribution in [1.82, 2.24) is 10.2 Å². The Labute approximate surface area is 118 Å². The first-order valence-electron chi connectivity index (χ1n) is 6.91. The fourth-order valence-electron chi connectivity index (χ4n) is 2.30. The van der Waals surface area contributed by atoms with Crippen LogP contribution in [-0.2, 0) is 14.3 Å². The first-order chi connectivity index (χ1) is 9.47. The maximum atomic E-state index is 11.9. The van der Waals surface area contributed by atoms with E-state index < -0.39 is 18.0 Å². The van der Waals surface area contributed by atoms with E-state index in [-0.39, 0.29) is 25.1 Å². The summed E-state index contributed by atoms with van der Waals surface area (Å²) in [5.41, 5.74) is 0. The molecular formula is C13H22N2O5. The summed E-state index contributed by atoms with van der Waals surface area (Å²) in [6, 6.07) is -0.385. The highest BCUT2D eigenvalue weighted by atomic mass is 16.5. The Morgan fingerprint density at radius 1 is 1.30 bits per heavy atom. The predicted octanol–water partition coefficient (Wildman–Crippen LogP) is 0.834. The van der Waals surface area contributed by atoms with E-state index in [1.54, 1.807) is 6.92 Å². The van der Waals surface area contributed by atoms with Crippen molar-refractivity contribution in [3.05, 3.63) is 0 Å². The van der Waals surface area contributed by atoms with Gasteiger partial charge in [-0.15, -0.1) is 0 Å². The van der Waals surface area contributed by atoms with E-state index >= 15 is 0 Å². The van der Waals surface area contributed by atoms with Crippen LogP contribution in [0.1, 0.15) is 33.1 Å². The van der Waals surface area contributed by atoms with Crippen molar-refractivity contribution in [3.8, 4) is 0 Å². The maximum absolute atomic E-state index is 11.9. The molecule has 0 radical (unpaired) electrons. The van der Waals surface area contributed by atoms with E-state index in [1.807, 2.05) is 6.92 Å². The zero-order chi connectivity index (χ0) is 15.1. The number of piperidine rings is 1. The standard InChI is InChI=1S/C13H22N2O5/c1-3-5-11(16)15-7-9(12(17)18)6-10(8-15)14-13(19)20-4-2/h9-10H,3-8H2,1-2H3,(H,14,19)(H,17,18). The molecular weight excluding hydrogens is 264 g/mol. The summed E-state index contributed by atoms with van der Waals surface area (Å²) >= 11 is 0. The second kappa shape index (κ2) is 7.72. The molecule has 1 saturated heterocycles. The molecule has 2 unspecified atom stereocenters. The summed E-state index contributed by atoms with van der Waals surface area (Å²) in [4.78, 5) is 36.0. The highest BCUT2D eigenvalue weighted by Gasteiger charge is 2.34. The van der Waals surface area contributed by atoms with E-state index in [9.17, 15) is 14.4 Å². The molecule has 2 atom stereocenters. The normalized spacial score (nSPS) is 22.2. The smallest absolute Gasteiger partial charge is 0.407 e. The molecule has 0 aromatic carbocycles. The van der Waals surface area contributed by atoms with Crippen LogP contribution in [0.15, 0.2) is 0 Å². The molecule has 2 N–H and O–H groups in total. The van der Waals surface area contributed by atoms with Gasteiger partial charge in [0.25, 0.3) is 0 Å². The minimum Gasteiger partial charge on any atom is -0.481 e. The van der Waals surface area contributed by atoms with Gasteiger partial charge in [0.1, 0.15) is 0 Å². The van der Waals surface area contributed by atoms with Crippen LogP contribution >= 0.6 is 0 Å². The molecule has 7 heteroatoms. The number of carbonyl (C=O) groups is 3. The third-order valence-corrected chi connectivity index (χ3v) is 3.21. The van der Waals surface area contributed by atoms with E-state index in [0.717, 1.165) is 0 Å². The van der Waals surface area contributed by atoms with Crippen LogP contribution in [0.5, 0.6) is 0 Å². The van der Waals surface area contributed by atoms with Gasteiger partial charge in [-0.3, -0.25) is 9.59 Å². The molecule has 7 nitrogen and oxygen atoms in total. The lowest BCUT2D eigenvalue weighted by atomic mass is 9.94. The number of carbonyl (C=O) groups excluding carboxylic acids is 2. The lowest BCUT2D eigenvalue weighted by Crippen LogP contribution is -2.54. The van der Waals surface area contributed by atoms with Crippen LogP contribution in [0.3, 0.4) is 0 Å². The second-order valence-corrected chi connectivity index (χ2v) is 4.88. The quantitative estimate of drug-likeness (QED) is 0.780. The SMILES string of the molecule is CCCC(=O)N1CC(NC(=O)OCC)CC(C(=O)O)C1. The van der Waals surface area contributed by atoms with E-state index in [2.05, 4.69) is 5.32 Å². The number of aliphatic carboxylic acids is 1. The van der Waals surface area contributed by atoms with Crippen molar-refractivity contribution in [2.45, 2.75) is 39.2 Å². The Bertz CT molecular complexity index is 372. The van der Waals surface area contributed by atoms with Crippen LogP contribution in [0.2, 0.25) is 0 Å². The third-order valence-electron chi connectivity index (χ3n) is 3.21. The summed E-state index contributed by atoms with van der Waals surface area (Å²) in [6.07, 6.45) is 0.831. The van der Waals surface area contributed by atoms with Gasteiger partial charge in [-0.2, -0.15) is 0 Å². The molecule has 1 fully saturated rings. The van der Waals surface area contributed by atoms with Gasteiger partial charge in [-0.05, 0) is 19.8 Å². The Balaban J connectivity index is 2.67. The number of rotatable bonds is 5. The van der Waals surface area contributed by atoms with Crippen molar-refractivity contribution in [1.29, 1.82) is 0 Å². The average molecular weight is 286 g/mol. The molecule has 0 spiro atoms. The molecule has 0 aliphatic carbocycles. The largest absolute Gasteiger partial charge is 0.481 e. The number of amides is 2. The number of alkyl carbamates (subject to hydrolysis) is 1. The first-order valence-corrected chi connectivity index (χ1v) is 6.91. The monoisotopic (exact) mass is 286 g/mol. The molecule has 1 rings (SSSR count). The van der Waals surface area contributed by atoms with E-state index in [0.29, 0.717) is 25.8 Å². The zero-order valence-corrected chi connectivity index (χ0v) is 11.9. The number of carboxylic acids is 1. The molecule has 114 valence electrons. The van der Waals surface area contributed by atoms with Gasteiger partial charge in [0, 0.05) is 19.5 Å². The van der Waals surface area contributed by atoms with Crippen LogP contribution in [0, 0.1) is 5.92 Å². The number of hydrogen-bond donors (Lipinski definition) is 2. The fraction of sp³-hybridized carbons (Fsp3) is 0.769. The van der Waals surface area contributed by atoms with Gasteiger partial charge < -0.3 is 20.1 Å². The first kappa shape index (κ1) is 16.3. The topological polar surface area (TPSA) is 95.9 Å². The van der Waals surface area contributed by atoms with Gasteiger partial charge in [0.05, 0.1) is 18.6 Å². The molecule has 0 aromatic heterocycles. The summed E-state index contributed by atoms with van der Waals surface area (Å²) in [5.74, 6) is -1.68. The van der Waals surface area contributed by atoms with Gasteiger partial charge in [0.15, 0.2) is 0 Å². The summed E-state index contributed by atoms with van der Waals surface area (Å²) in [6.45, 7) is 4.37. The number of ether oxygens (including phenoxy) is 1. The fourth-order valence-corrected chi connectivity index (χ4v) is 2.30. The Morgan fingerprint density at radius 2 is 2.00 bits per heavy atom. The van der Waals surface area contributed by atoms with Crippen LogP contribution in [0.4, 0.5) is 4.79 Å². The van der Waals surface area contributed by atoms with E-state index in [1.165, 1.54) is 4.90 Å². The van der Waals surface area contributed by atoms with Gasteiger partial charge >= 0.3 is 12.1 Å². The van der Waals surface area contributed by atoms with Crippen LogP contribution < -0.4 is 5.32 Å². The molecule has 0 aromatic rings. The number of nitrogens with one attached hydrogen (secondary N) is 1. The van der Waals surface area contributed by atoms with Crippen LogP contribution in [0.25, 0.3) is 0 Å². The Hall–Kier alpha value is -1.79. The van der Waals surface area contributed by atoms with Gasteiger partial charge in [0.2, 0.25) is 5.91 Å². The third kappa shape index (κ3) is 4.71. The van der Waals surface area contributed by atoms with Gasteiger partial charge in [-0.1, -0.05) is 6.92 Å². The number of likely N-dealkylation sites (tertiary alicyclic amines) is 1. The minimum absolute atomic E-state index is 0.0749. The molecule has 0 saturated carbocycles. The van der Waals surface area contributed by atoms with Crippen LogP contribution in [-0.4, -0.2) is 53.7 Å². The van der Waals surface area contributed by atoms with Crippen molar-refractivity contribution in [3.63, 3.8) is 0 Å². The number of hydrogen-bond acceptors (Lipinski definition) is 4. The van der Waals surface area contributed by atoms with E-state index in [4.69, 9.17) is 9.84 Å². The van der Waals surface area contributed by atoms with Crippen molar-refractivity contribution < 1.29 is 24.2 Å². The zero-order valence-electron chi connectivity index (χ0n) is 11.9. The summed E-state index contributed by atoms with van der Waals surface area (Å²) < 4.78 is 4.78. The Morgan fingerprint density at radius 3 is 2.55 bits per heavy atom. The summed E-state index contributed by atoms with van der Waals surface area (Å²) in [5, 5.41) is 11.8. The minimum atomic E-state index is -0.949. The molecule has 2 amide bonds. The van der Waals surface area contributed by atoms with Crippen molar-refractivity contribution in [2.75, 3.05) is 19.7 Å². The Kier molecular flexibility index (Phi) is 6.27. The molecule has 1 aliphatic rings. The van der Waals surface area contributed by atoms with Crippen molar-refractivity contribution in [2.24, 2.45) is 5.92 Å². The molecule has 1 aliphatic heterocycles. The van der Waals surface area contributed by atoms with Crippen molar-refractivity contribution >= 4 is 18.0 Å². The maximum Gasteiger partial charge on any atom is 0.407 e. The lowest BCUT2D eigenvalue weighted by Gasteiger charge is -2.36.